The van der Waals surface area contributed by atoms with Crippen LogP contribution in [0.15, 0.2) is 12.1 Å². The molecule has 0 amide bonds. The highest BCUT2D eigenvalue weighted by Crippen LogP contribution is 2.25. The topological polar surface area (TPSA) is 104 Å². The standard InChI is InChI=1S/C10H8N2O4/c1-6-7(5-11)2-3-9(12(15)16)8(6)4-10(13)14/h2-3H,4H2,1H3,(H,13,14). The van der Waals surface area contributed by atoms with Crippen molar-refractivity contribution >= 4 is 11.7 Å². The molecular formula is C10H8N2O4. The molecular weight excluding hydrogens is 212 g/mol. The molecule has 6 nitrogen and oxygen atoms in total. The van der Waals surface area contributed by atoms with Crippen molar-refractivity contribution in [1.29, 1.82) is 5.26 Å². The maximum atomic E-state index is 10.7. The van der Waals surface area contributed by atoms with Crippen LogP contribution < -0.4 is 0 Å². The van der Waals surface area contributed by atoms with E-state index >= 15 is 0 Å². The minimum atomic E-state index is -1.17. The third-order valence-corrected chi connectivity index (χ3v) is 2.22. The zero-order chi connectivity index (χ0) is 12.3. The Morgan fingerprint density at radius 3 is 2.69 bits per heavy atom. The fourth-order valence-corrected chi connectivity index (χ4v) is 1.41. The van der Waals surface area contributed by atoms with Gasteiger partial charge in [-0.1, -0.05) is 0 Å². The van der Waals surface area contributed by atoms with E-state index in [0.717, 1.165) is 6.07 Å². The van der Waals surface area contributed by atoms with Gasteiger partial charge in [0.15, 0.2) is 0 Å². The minimum absolute atomic E-state index is 0.0801. The molecule has 0 radical (unpaired) electrons. The highest BCUT2D eigenvalue weighted by Gasteiger charge is 2.20. The molecule has 0 fully saturated rings. The smallest absolute Gasteiger partial charge is 0.308 e. The van der Waals surface area contributed by atoms with Crippen LogP contribution in [0.2, 0.25) is 0 Å². The summed E-state index contributed by atoms with van der Waals surface area (Å²) >= 11 is 0. The van der Waals surface area contributed by atoms with Gasteiger partial charge in [0, 0.05) is 11.6 Å². The Bertz CT molecular complexity index is 502. The third-order valence-electron chi connectivity index (χ3n) is 2.22. The number of nitro benzene ring substituents is 1. The Hall–Kier alpha value is -2.42. The van der Waals surface area contributed by atoms with E-state index in [0.29, 0.717) is 5.56 Å². The first-order chi connectivity index (χ1) is 7.47. The van der Waals surface area contributed by atoms with Crippen LogP contribution in [-0.2, 0) is 11.2 Å². The van der Waals surface area contributed by atoms with Crippen LogP contribution in [0.4, 0.5) is 5.69 Å². The molecule has 0 unspecified atom stereocenters. The van der Waals surface area contributed by atoms with Gasteiger partial charge >= 0.3 is 5.97 Å². The van der Waals surface area contributed by atoms with E-state index in [4.69, 9.17) is 10.4 Å². The summed E-state index contributed by atoms with van der Waals surface area (Å²) in [5, 5.41) is 28.1. The molecule has 0 aliphatic heterocycles. The lowest BCUT2D eigenvalue weighted by atomic mass is 9.99. The number of hydrogen-bond donors (Lipinski definition) is 1. The van der Waals surface area contributed by atoms with E-state index in [1.54, 1.807) is 0 Å². The first kappa shape index (κ1) is 11.7. The van der Waals surface area contributed by atoms with E-state index in [-0.39, 0.29) is 16.8 Å². The number of carboxylic acids is 1. The number of carboxylic acid groups (broad SMARTS) is 1. The van der Waals surface area contributed by atoms with Gasteiger partial charge in [-0.2, -0.15) is 5.26 Å². The molecule has 1 N–H and O–H groups in total. The van der Waals surface area contributed by atoms with Crippen molar-refractivity contribution in [3.05, 3.63) is 38.9 Å². The molecule has 0 saturated carbocycles. The second-order valence-electron chi connectivity index (χ2n) is 3.18. The number of hydrogen-bond acceptors (Lipinski definition) is 4. The molecule has 1 rings (SSSR count). The molecule has 0 aliphatic carbocycles. The largest absolute Gasteiger partial charge is 0.481 e. The maximum Gasteiger partial charge on any atom is 0.308 e. The van der Waals surface area contributed by atoms with Crippen LogP contribution in [0.3, 0.4) is 0 Å². The number of rotatable bonds is 3. The molecule has 0 aliphatic rings. The van der Waals surface area contributed by atoms with Crippen LogP contribution in [0, 0.1) is 28.4 Å². The fourth-order valence-electron chi connectivity index (χ4n) is 1.41. The minimum Gasteiger partial charge on any atom is -0.481 e. The molecule has 0 bridgehead atoms. The molecule has 6 heteroatoms. The average molecular weight is 220 g/mol. The Morgan fingerprint density at radius 1 is 1.62 bits per heavy atom. The second-order valence-corrected chi connectivity index (χ2v) is 3.18. The molecule has 0 heterocycles. The molecule has 1 aromatic carbocycles. The summed E-state index contributed by atoms with van der Waals surface area (Å²) in [6, 6.07) is 4.33. The van der Waals surface area contributed by atoms with Crippen molar-refractivity contribution in [3.8, 4) is 6.07 Å². The van der Waals surface area contributed by atoms with Gasteiger partial charge in [0.05, 0.1) is 23.0 Å². The van der Waals surface area contributed by atoms with Crippen LogP contribution >= 0.6 is 0 Å². The van der Waals surface area contributed by atoms with Crippen molar-refractivity contribution in [1.82, 2.24) is 0 Å². The van der Waals surface area contributed by atoms with Gasteiger partial charge in [0.1, 0.15) is 0 Å². The quantitative estimate of drug-likeness (QED) is 0.612. The maximum absolute atomic E-state index is 10.7. The number of aliphatic carboxylic acids is 1. The fraction of sp³-hybridized carbons (Fsp3) is 0.200. The summed E-state index contributed by atoms with van der Waals surface area (Å²) in [6.45, 7) is 1.50. The number of benzene rings is 1. The van der Waals surface area contributed by atoms with Crippen LogP contribution in [0.1, 0.15) is 16.7 Å². The number of nitriles is 1. The first-order valence-electron chi connectivity index (χ1n) is 4.36. The Labute approximate surface area is 90.9 Å². The van der Waals surface area contributed by atoms with Crippen LogP contribution in [0.5, 0.6) is 0 Å². The third kappa shape index (κ3) is 2.15. The van der Waals surface area contributed by atoms with E-state index in [1.165, 1.54) is 13.0 Å². The van der Waals surface area contributed by atoms with E-state index < -0.39 is 17.3 Å². The predicted octanol–water partition coefficient (Wildman–Crippen LogP) is 1.40. The molecule has 0 atom stereocenters. The van der Waals surface area contributed by atoms with Crippen molar-refractivity contribution in [2.75, 3.05) is 0 Å². The van der Waals surface area contributed by atoms with E-state index in [9.17, 15) is 14.9 Å². The lowest BCUT2D eigenvalue weighted by molar-refractivity contribution is -0.385. The van der Waals surface area contributed by atoms with Gasteiger partial charge in [-0.25, -0.2) is 0 Å². The van der Waals surface area contributed by atoms with E-state index in [2.05, 4.69) is 0 Å². The second kappa shape index (κ2) is 4.40. The number of nitro groups is 1. The van der Waals surface area contributed by atoms with Crippen LogP contribution in [0.25, 0.3) is 0 Å². The highest BCUT2D eigenvalue weighted by atomic mass is 16.6. The Morgan fingerprint density at radius 2 is 2.25 bits per heavy atom. The van der Waals surface area contributed by atoms with E-state index in [1.807, 2.05) is 6.07 Å². The highest BCUT2D eigenvalue weighted by molar-refractivity contribution is 5.73. The van der Waals surface area contributed by atoms with Crippen molar-refractivity contribution in [3.63, 3.8) is 0 Å². The Balaban J connectivity index is 3.43. The van der Waals surface area contributed by atoms with Gasteiger partial charge < -0.3 is 5.11 Å². The predicted molar refractivity (Wildman–Crippen MR) is 53.9 cm³/mol. The van der Waals surface area contributed by atoms with Crippen molar-refractivity contribution < 1.29 is 14.8 Å². The van der Waals surface area contributed by atoms with Crippen LogP contribution in [-0.4, -0.2) is 16.0 Å². The average Bonchev–Trinajstić information content (AvgIpc) is 2.19. The number of nitrogens with zero attached hydrogens (tertiary/aromatic N) is 2. The summed E-state index contributed by atoms with van der Waals surface area (Å²) in [5.74, 6) is -1.17. The molecule has 0 aromatic heterocycles. The molecule has 82 valence electrons. The summed E-state index contributed by atoms with van der Waals surface area (Å²) in [4.78, 5) is 20.6. The first-order valence-corrected chi connectivity index (χ1v) is 4.36. The SMILES string of the molecule is Cc1c(C#N)ccc([N+](=O)[O-])c1CC(=O)O. The van der Waals surface area contributed by atoms with Crippen molar-refractivity contribution in [2.45, 2.75) is 13.3 Å². The summed E-state index contributed by atoms with van der Waals surface area (Å²) in [6.07, 6.45) is -0.461. The summed E-state index contributed by atoms with van der Waals surface area (Å²) in [5.41, 5.74) is 0.413. The normalized spacial score (nSPS) is 9.50. The lowest BCUT2D eigenvalue weighted by Crippen LogP contribution is -2.07. The Kier molecular flexibility index (Phi) is 3.20. The molecule has 1 aromatic rings. The summed E-state index contributed by atoms with van der Waals surface area (Å²) in [7, 11) is 0. The van der Waals surface area contributed by atoms with Crippen molar-refractivity contribution in [2.24, 2.45) is 0 Å². The summed E-state index contributed by atoms with van der Waals surface area (Å²) < 4.78 is 0. The monoisotopic (exact) mass is 220 g/mol. The lowest BCUT2D eigenvalue weighted by Gasteiger charge is -2.05. The zero-order valence-corrected chi connectivity index (χ0v) is 8.43. The number of carbonyl (C=O) groups is 1. The van der Waals surface area contributed by atoms with Gasteiger partial charge in [-0.05, 0) is 18.6 Å². The molecule has 16 heavy (non-hydrogen) atoms. The molecule has 0 saturated heterocycles. The van der Waals surface area contributed by atoms with Gasteiger partial charge in [0.2, 0.25) is 0 Å². The zero-order valence-electron chi connectivity index (χ0n) is 8.43. The van der Waals surface area contributed by atoms with Gasteiger partial charge in [-0.3, -0.25) is 14.9 Å². The van der Waals surface area contributed by atoms with Gasteiger partial charge in [0.25, 0.3) is 5.69 Å². The van der Waals surface area contributed by atoms with Gasteiger partial charge in [-0.15, -0.1) is 0 Å². The molecule has 0 spiro atoms.